The van der Waals surface area contributed by atoms with Crippen LogP contribution in [0.1, 0.15) is 47.8 Å². The monoisotopic (exact) mass is 474 g/mol. The van der Waals surface area contributed by atoms with Crippen molar-refractivity contribution in [1.29, 1.82) is 0 Å². The Morgan fingerprint density at radius 2 is 1.83 bits per heavy atom. The van der Waals surface area contributed by atoms with E-state index in [4.69, 9.17) is 14.6 Å². The number of aryl methyl sites for hydroxylation is 1. The van der Waals surface area contributed by atoms with Crippen LogP contribution in [0.15, 0.2) is 48.5 Å². The highest BCUT2D eigenvalue weighted by Gasteiger charge is 2.31. The van der Waals surface area contributed by atoms with Gasteiger partial charge >= 0.3 is 0 Å². The summed E-state index contributed by atoms with van der Waals surface area (Å²) in [5, 5.41) is 4.76. The van der Waals surface area contributed by atoms with Crippen molar-refractivity contribution in [2.75, 3.05) is 33.4 Å². The molecule has 1 atom stereocenters. The van der Waals surface area contributed by atoms with Gasteiger partial charge in [-0.25, -0.2) is 4.68 Å². The van der Waals surface area contributed by atoms with Gasteiger partial charge in [0.25, 0.3) is 0 Å². The van der Waals surface area contributed by atoms with E-state index in [1.807, 2.05) is 47.8 Å². The third-order valence-electron chi connectivity index (χ3n) is 7.00. The summed E-state index contributed by atoms with van der Waals surface area (Å²) in [7, 11) is 2.01. The van der Waals surface area contributed by atoms with Gasteiger partial charge in [0.1, 0.15) is 0 Å². The van der Waals surface area contributed by atoms with Gasteiger partial charge in [-0.3, -0.25) is 9.69 Å². The number of nitrogens with zero attached hydrogens (tertiary/aromatic N) is 4. The molecular weight excluding hydrogens is 440 g/mol. The lowest BCUT2D eigenvalue weighted by atomic mass is 10.0. The Balaban J connectivity index is 1.27. The number of rotatable bonds is 6. The van der Waals surface area contributed by atoms with E-state index in [0.29, 0.717) is 26.3 Å². The zero-order valence-corrected chi connectivity index (χ0v) is 20.9. The SMILES string of the molecule is Cc1nn(-c2ccccc2)c(C)c1CN(C)CC(=O)N1CCC[C@@H]1c1ccc2c(c1)OCCCO2. The van der Waals surface area contributed by atoms with E-state index in [-0.39, 0.29) is 11.9 Å². The minimum atomic E-state index is 0.0809. The van der Waals surface area contributed by atoms with Crippen LogP contribution < -0.4 is 9.47 Å². The summed E-state index contributed by atoms with van der Waals surface area (Å²) in [5.41, 5.74) is 5.45. The second-order valence-electron chi connectivity index (χ2n) is 9.57. The first-order valence-electron chi connectivity index (χ1n) is 12.5. The first-order valence-corrected chi connectivity index (χ1v) is 12.5. The quantitative estimate of drug-likeness (QED) is 0.528. The normalized spacial score (nSPS) is 17.6. The van der Waals surface area contributed by atoms with E-state index in [2.05, 4.69) is 36.1 Å². The van der Waals surface area contributed by atoms with Crippen molar-refractivity contribution in [2.24, 2.45) is 0 Å². The van der Waals surface area contributed by atoms with Gasteiger partial charge in [0.2, 0.25) is 5.91 Å². The molecule has 0 bridgehead atoms. The molecule has 0 spiro atoms. The van der Waals surface area contributed by atoms with Gasteiger partial charge in [-0.05, 0) is 63.6 Å². The van der Waals surface area contributed by atoms with Crippen molar-refractivity contribution in [3.8, 4) is 17.2 Å². The molecule has 1 fully saturated rings. The third kappa shape index (κ3) is 4.91. The number of amides is 1. The highest BCUT2D eigenvalue weighted by atomic mass is 16.5. The summed E-state index contributed by atoms with van der Waals surface area (Å²) in [6.45, 7) is 7.31. The molecule has 2 aromatic carbocycles. The Labute approximate surface area is 207 Å². The second-order valence-corrected chi connectivity index (χ2v) is 9.57. The van der Waals surface area contributed by atoms with Crippen LogP contribution >= 0.6 is 0 Å². The van der Waals surface area contributed by atoms with Crippen molar-refractivity contribution in [3.05, 3.63) is 71.0 Å². The number of aromatic nitrogens is 2. The van der Waals surface area contributed by atoms with Gasteiger partial charge < -0.3 is 14.4 Å². The Hall–Kier alpha value is -3.32. The lowest BCUT2D eigenvalue weighted by molar-refractivity contribution is -0.133. The summed E-state index contributed by atoms with van der Waals surface area (Å²) in [4.78, 5) is 17.5. The Morgan fingerprint density at radius 3 is 2.63 bits per heavy atom. The summed E-state index contributed by atoms with van der Waals surface area (Å²) in [6, 6.07) is 16.4. The van der Waals surface area contributed by atoms with Crippen LogP contribution in [0.2, 0.25) is 0 Å². The summed E-state index contributed by atoms with van der Waals surface area (Å²) < 4.78 is 13.7. The highest BCUT2D eigenvalue weighted by Crippen LogP contribution is 2.38. The van der Waals surface area contributed by atoms with Crippen LogP contribution in [-0.2, 0) is 11.3 Å². The molecular formula is C28H34N4O3. The molecule has 0 aliphatic carbocycles. The van der Waals surface area contributed by atoms with E-state index in [1.54, 1.807) is 0 Å². The molecule has 3 heterocycles. The maximum atomic E-state index is 13.4. The number of hydrogen-bond donors (Lipinski definition) is 0. The van der Waals surface area contributed by atoms with Gasteiger partial charge in [-0.1, -0.05) is 24.3 Å². The maximum absolute atomic E-state index is 13.4. The summed E-state index contributed by atoms with van der Waals surface area (Å²) in [5.74, 6) is 1.74. The molecule has 1 saturated heterocycles. The molecule has 184 valence electrons. The Bertz CT molecular complexity index is 1190. The molecule has 3 aromatic rings. The first-order chi connectivity index (χ1) is 17.0. The van der Waals surface area contributed by atoms with Crippen LogP contribution in [0.3, 0.4) is 0 Å². The fourth-order valence-corrected chi connectivity index (χ4v) is 5.17. The number of hydrogen-bond acceptors (Lipinski definition) is 5. The molecule has 35 heavy (non-hydrogen) atoms. The molecule has 1 amide bonds. The number of ether oxygens (including phenoxy) is 2. The first kappa shape index (κ1) is 23.4. The van der Waals surface area contributed by atoms with Gasteiger partial charge in [-0.2, -0.15) is 5.10 Å². The number of likely N-dealkylation sites (tertiary alicyclic amines) is 1. The lowest BCUT2D eigenvalue weighted by Gasteiger charge is -2.28. The Morgan fingerprint density at radius 1 is 1.06 bits per heavy atom. The van der Waals surface area contributed by atoms with Gasteiger partial charge in [0, 0.05) is 30.8 Å². The van der Waals surface area contributed by atoms with E-state index in [1.165, 1.54) is 5.56 Å². The number of benzene rings is 2. The van der Waals surface area contributed by atoms with Crippen LogP contribution in [0, 0.1) is 13.8 Å². The van der Waals surface area contributed by atoms with Crippen molar-refractivity contribution < 1.29 is 14.3 Å². The maximum Gasteiger partial charge on any atom is 0.237 e. The molecule has 5 rings (SSSR count). The molecule has 2 aliphatic rings. The topological polar surface area (TPSA) is 59.8 Å². The number of carbonyl (C=O) groups excluding carboxylic acids is 1. The minimum absolute atomic E-state index is 0.0809. The van der Waals surface area contributed by atoms with Crippen LogP contribution in [0.4, 0.5) is 0 Å². The number of likely N-dealkylation sites (N-methyl/N-ethyl adjacent to an activating group) is 1. The molecule has 1 aromatic heterocycles. The van der Waals surface area contributed by atoms with E-state index >= 15 is 0 Å². The molecule has 0 saturated carbocycles. The van der Waals surface area contributed by atoms with Crippen molar-refractivity contribution in [2.45, 2.75) is 45.7 Å². The zero-order valence-electron chi connectivity index (χ0n) is 20.9. The number of carbonyl (C=O) groups is 1. The third-order valence-corrected chi connectivity index (χ3v) is 7.00. The predicted octanol–water partition coefficient (Wildman–Crippen LogP) is 4.45. The van der Waals surface area contributed by atoms with Gasteiger partial charge in [0.05, 0.1) is 37.2 Å². The largest absolute Gasteiger partial charge is 0.490 e. The highest BCUT2D eigenvalue weighted by molar-refractivity contribution is 5.79. The average Bonchev–Trinajstić information content (AvgIpc) is 3.37. The van der Waals surface area contributed by atoms with E-state index in [0.717, 1.165) is 59.9 Å². The van der Waals surface area contributed by atoms with Crippen molar-refractivity contribution in [3.63, 3.8) is 0 Å². The molecule has 2 aliphatic heterocycles. The molecule has 0 unspecified atom stereocenters. The van der Waals surface area contributed by atoms with Crippen LogP contribution in [-0.4, -0.2) is 58.8 Å². The molecule has 0 radical (unpaired) electrons. The standard InChI is InChI=1S/C28H34N4O3/c1-20-24(21(2)32(29-20)23-9-5-4-6-10-23)18-30(3)19-28(33)31-14-7-11-25(31)22-12-13-26-27(17-22)35-16-8-15-34-26/h4-6,9-10,12-13,17,25H,7-8,11,14-16,18-19H2,1-3H3/t25-/m1/s1. The van der Waals surface area contributed by atoms with Gasteiger partial charge in [0.15, 0.2) is 11.5 Å². The second kappa shape index (κ2) is 10.1. The zero-order chi connectivity index (χ0) is 24.4. The van der Waals surface area contributed by atoms with Crippen molar-refractivity contribution >= 4 is 5.91 Å². The van der Waals surface area contributed by atoms with E-state index in [9.17, 15) is 4.79 Å². The van der Waals surface area contributed by atoms with Crippen molar-refractivity contribution in [1.82, 2.24) is 19.6 Å². The number of para-hydroxylation sites is 1. The molecule has 7 heteroatoms. The summed E-state index contributed by atoms with van der Waals surface area (Å²) in [6.07, 6.45) is 2.86. The smallest absolute Gasteiger partial charge is 0.237 e. The fraction of sp³-hybridized carbons (Fsp3) is 0.429. The van der Waals surface area contributed by atoms with Gasteiger partial charge in [-0.15, -0.1) is 0 Å². The minimum Gasteiger partial charge on any atom is -0.490 e. The van der Waals surface area contributed by atoms with Crippen LogP contribution in [0.5, 0.6) is 11.5 Å². The molecule has 7 nitrogen and oxygen atoms in total. The fourth-order valence-electron chi connectivity index (χ4n) is 5.17. The van der Waals surface area contributed by atoms with E-state index < -0.39 is 0 Å². The predicted molar refractivity (Wildman–Crippen MR) is 135 cm³/mol. The number of fused-ring (bicyclic) bond motifs is 1. The average molecular weight is 475 g/mol. The van der Waals surface area contributed by atoms with Crippen LogP contribution in [0.25, 0.3) is 5.69 Å². The molecule has 0 N–H and O–H groups in total. The lowest BCUT2D eigenvalue weighted by Crippen LogP contribution is -2.38. The Kier molecular flexibility index (Phi) is 6.77. The summed E-state index contributed by atoms with van der Waals surface area (Å²) >= 11 is 0.